The molecule has 6 nitrogen and oxygen atoms in total. The summed E-state index contributed by atoms with van der Waals surface area (Å²) in [6.07, 6.45) is 1.15. The Labute approximate surface area is 173 Å². The molecule has 1 N–H and O–H groups in total. The smallest absolute Gasteiger partial charge is 0.387 e. The number of carbonyl (C=O) groups is 2. The fourth-order valence-electron chi connectivity index (χ4n) is 3.46. The first kappa shape index (κ1) is 21.5. The van der Waals surface area contributed by atoms with Crippen molar-refractivity contribution >= 4 is 11.8 Å². The van der Waals surface area contributed by atoms with Gasteiger partial charge >= 0.3 is 6.61 Å². The second-order valence-electron chi connectivity index (χ2n) is 7.10. The zero-order chi connectivity index (χ0) is 21.5. The number of nitrogens with one attached hydrogen (secondary N) is 1. The molecule has 0 spiro atoms. The molecule has 1 fully saturated rings. The topological polar surface area (TPSA) is 67.9 Å². The Morgan fingerprint density at radius 1 is 1.20 bits per heavy atom. The molecule has 3 rings (SSSR count). The Bertz CT molecular complexity index is 877. The lowest BCUT2D eigenvalue weighted by molar-refractivity contribution is -0.127. The van der Waals surface area contributed by atoms with Gasteiger partial charge in [-0.15, -0.1) is 0 Å². The molecule has 0 saturated carbocycles. The van der Waals surface area contributed by atoms with Crippen LogP contribution in [0.25, 0.3) is 0 Å². The van der Waals surface area contributed by atoms with Crippen molar-refractivity contribution in [1.29, 1.82) is 0 Å². The number of hydrogen-bond donors (Lipinski definition) is 1. The Hall–Kier alpha value is -3.16. The third-order valence-electron chi connectivity index (χ3n) is 5.00. The van der Waals surface area contributed by atoms with Crippen LogP contribution in [0.4, 0.5) is 8.78 Å². The fraction of sp³-hybridized carbons (Fsp3) is 0.364. The fourth-order valence-corrected chi connectivity index (χ4v) is 3.46. The molecule has 0 radical (unpaired) electrons. The highest BCUT2D eigenvalue weighted by molar-refractivity contribution is 5.95. The molecule has 2 amide bonds. The first-order valence-corrected chi connectivity index (χ1v) is 9.69. The van der Waals surface area contributed by atoms with Gasteiger partial charge in [0, 0.05) is 37.5 Å². The number of nitrogens with zero attached hydrogens (tertiary/aromatic N) is 1. The number of rotatable bonds is 9. The largest absolute Gasteiger partial charge is 0.493 e. The predicted molar refractivity (Wildman–Crippen MR) is 107 cm³/mol. The van der Waals surface area contributed by atoms with Crippen molar-refractivity contribution in [3.05, 3.63) is 59.7 Å². The minimum Gasteiger partial charge on any atom is -0.493 e. The quantitative estimate of drug-likeness (QED) is 0.680. The number of alkyl halides is 2. The predicted octanol–water partition coefficient (Wildman–Crippen LogP) is 3.12. The number of methoxy groups -OCH3 is 1. The average molecular weight is 418 g/mol. The van der Waals surface area contributed by atoms with Crippen LogP contribution in [0.2, 0.25) is 0 Å². The van der Waals surface area contributed by atoms with E-state index in [9.17, 15) is 18.4 Å². The highest BCUT2D eigenvalue weighted by atomic mass is 19.3. The SMILES string of the molecule is COc1ccc(C(=O)NC[C@H]2CC(=O)N(CCc3ccccc3)C2)cc1OC(F)F. The molecule has 1 heterocycles. The van der Waals surface area contributed by atoms with Crippen LogP contribution in [-0.2, 0) is 11.2 Å². The molecule has 0 aromatic heterocycles. The van der Waals surface area contributed by atoms with Gasteiger partial charge in [-0.25, -0.2) is 0 Å². The molecular weight excluding hydrogens is 394 g/mol. The maximum Gasteiger partial charge on any atom is 0.387 e. The van der Waals surface area contributed by atoms with E-state index in [0.29, 0.717) is 26.1 Å². The maximum absolute atomic E-state index is 12.6. The number of halogens is 2. The highest BCUT2D eigenvalue weighted by Gasteiger charge is 2.29. The summed E-state index contributed by atoms with van der Waals surface area (Å²) >= 11 is 0. The Kier molecular flexibility index (Phi) is 7.21. The number of likely N-dealkylation sites (tertiary alicyclic amines) is 1. The van der Waals surface area contributed by atoms with Gasteiger partial charge in [0.15, 0.2) is 11.5 Å². The number of benzene rings is 2. The van der Waals surface area contributed by atoms with E-state index >= 15 is 0 Å². The van der Waals surface area contributed by atoms with E-state index in [1.165, 1.54) is 30.9 Å². The molecular formula is C22H24F2N2O4. The van der Waals surface area contributed by atoms with Crippen molar-refractivity contribution < 1.29 is 27.8 Å². The third-order valence-corrected chi connectivity index (χ3v) is 5.00. The summed E-state index contributed by atoms with van der Waals surface area (Å²) in [6, 6.07) is 14.0. The lowest BCUT2D eigenvalue weighted by atomic mass is 10.1. The van der Waals surface area contributed by atoms with Gasteiger partial charge in [-0.05, 0) is 30.2 Å². The molecule has 1 aliphatic rings. The van der Waals surface area contributed by atoms with Gasteiger partial charge in [0.05, 0.1) is 7.11 Å². The Morgan fingerprint density at radius 2 is 1.97 bits per heavy atom. The lowest BCUT2D eigenvalue weighted by Crippen LogP contribution is -2.32. The number of carbonyl (C=O) groups excluding carboxylic acids is 2. The van der Waals surface area contributed by atoms with E-state index in [1.807, 2.05) is 35.2 Å². The van der Waals surface area contributed by atoms with Crippen LogP contribution in [0.1, 0.15) is 22.3 Å². The molecule has 1 aliphatic heterocycles. The maximum atomic E-state index is 12.6. The number of hydrogen-bond acceptors (Lipinski definition) is 4. The van der Waals surface area contributed by atoms with Gasteiger partial charge in [0.1, 0.15) is 0 Å². The first-order valence-electron chi connectivity index (χ1n) is 9.69. The van der Waals surface area contributed by atoms with Crippen molar-refractivity contribution in [2.75, 3.05) is 26.7 Å². The molecule has 0 aliphatic carbocycles. The van der Waals surface area contributed by atoms with Crippen molar-refractivity contribution in [2.45, 2.75) is 19.5 Å². The van der Waals surface area contributed by atoms with Crippen molar-refractivity contribution in [3.63, 3.8) is 0 Å². The summed E-state index contributed by atoms with van der Waals surface area (Å²) in [4.78, 5) is 26.5. The average Bonchev–Trinajstić information content (AvgIpc) is 3.10. The monoisotopic (exact) mass is 418 g/mol. The minimum atomic E-state index is -3.02. The second kappa shape index (κ2) is 10.0. The van der Waals surface area contributed by atoms with Crippen molar-refractivity contribution in [1.82, 2.24) is 10.2 Å². The normalized spacial score (nSPS) is 16.1. The zero-order valence-corrected chi connectivity index (χ0v) is 16.6. The lowest BCUT2D eigenvalue weighted by Gasteiger charge is -2.17. The van der Waals surface area contributed by atoms with Crippen molar-refractivity contribution in [3.8, 4) is 11.5 Å². The summed E-state index contributed by atoms with van der Waals surface area (Å²) < 4.78 is 34.5. The van der Waals surface area contributed by atoms with E-state index in [4.69, 9.17) is 4.74 Å². The van der Waals surface area contributed by atoms with Gasteiger partial charge in [-0.3, -0.25) is 9.59 Å². The van der Waals surface area contributed by atoms with Crippen LogP contribution < -0.4 is 14.8 Å². The van der Waals surface area contributed by atoms with Gasteiger partial charge in [-0.1, -0.05) is 30.3 Å². The van der Waals surface area contributed by atoms with E-state index in [-0.39, 0.29) is 28.9 Å². The molecule has 160 valence electrons. The molecule has 2 aromatic carbocycles. The molecule has 30 heavy (non-hydrogen) atoms. The van der Waals surface area contributed by atoms with Crippen LogP contribution in [0.5, 0.6) is 11.5 Å². The first-order chi connectivity index (χ1) is 14.5. The summed E-state index contributed by atoms with van der Waals surface area (Å²) in [5.74, 6) is -0.438. The summed E-state index contributed by atoms with van der Waals surface area (Å²) in [6.45, 7) is -1.48. The molecule has 1 atom stereocenters. The van der Waals surface area contributed by atoms with E-state index in [0.717, 1.165) is 6.42 Å². The number of ether oxygens (including phenoxy) is 2. The Morgan fingerprint density at radius 3 is 2.67 bits per heavy atom. The third kappa shape index (κ3) is 5.68. The summed E-state index contributed by atoms with van der Waals surface area (Å²) in [7, 11) is 1.33. The molecule has 0 bridgehead atoms. The van der Waals surface area contributed by atoms with Gasteiger partial charge < -0.3 is 19.7 Å². The highest BCUT2D eigenvalue weighted by Crippen LogP contribution is 2.29. The van der Waals surface area contributed by atoms with Crippen LogP contribution in [0, 0.1) is 5.92 Å². The molecule has 2 aromatic rings. The van der Waals surface area contributed by atoms with Gasteiger partial charge in [0.2, 0.25) is 5.91 Å². The van der Waals surface area contributed by atoms with Crippen LogP contribution in [0.3, 0.4) is 0 Å². The van der Waals surface area contributed by atoms with E-state index < -0.39 is 12.5 Å². The molecule has 8 heteroatoms. The standard InChI is InChI=1S/C22H24F2N2O4/c1-29-18-8-7-17(12-19(18)30-22(23)24)21(28)25-13-16-11-20(27)26(14-16)10-9-15-5-3-2-4-6-15/h2-8,12,16,22H,9-11,13-14H2,1H3,(H,25,28)/t16-/m1/s1. The molecule has 1 saturated heterocycles. The van der Waals surface area contributed by atoms with E-state index in [1.54, 1.807) is 0 Å². The van der Waals surface area contributed by atoms with Gasteiger partial charge in [-0.2, -0.15) is 8.78 Å². The minimum absolute atomic E-state index is 0.00672. The van der Waals surface area contributed by atoms with Crippen LogP contribution >= 0.6 is 0 Å². The van der Waals surface area contributed by atoms with E-state index in [2.05, 4.69) is 10.1 Å². The Balaban J connectivity index is 1.51. The number of amides is 2. The zero-order valence-electron chi connectivity index (χ0n) is 16.6. The van der Waals surface area contributed by atoms with Crippen molar-refractivity contribution in [2.24, 2.45) is 5.92 Å². The van der Waals surface area contributed by atoms with Crippen LogP contribution in [0.15, 0.2) is 48.5 Å². The second-order valence-corrected chi connectivity index (χ2v) is 7.10. The van der Waals surface area contributed by atoms with Gasteiger partial charge in [0.25, 0.3) is 5.91 Å². The summed E-state index contributed by atoms with van der Waals surface area (Å²) in [5, 5.41) is 2.77. The summed E-state index contributed by atoms with van der Waals surface area (Å²) in [5.41, 5.74) is 1.35. The molecule has 0 unspecified atom stereocenters. The van der Waals surface area contributed by atoms with Crippen LogP contribution in [-0.4, -0.2) is 50.1 Å².